The molecule has 0 radical (unpaired) electrons. The van der Waals surface area contributed by atoms with Gasteiger partial charge in [0, 0.05) is 29.7 Å². The molecule has 2 aliphatic heterocycles. The first-order valence-electron chi connectivity index (χ1n) is 11.7. The summed E-state index contributed by atoms with van der Waals surface area (Å²) in [5.74, 6) is -0.341. The molecule has 4 aliphatic rings. The van der Waals surface area contributed by atoms with Gasteiger partial charge in [0.2, 0.25) is 0 Å². The molecule has 1 aromatic rings. The Morgan fingerprint density at radius 1 is 1.16 bits per heavy atom. The highest BCUT2D eigenvalue weighted by molar-refractivity contribution is 6.74. The molecular formula is C24H34ClNO4Si. The summed E-state index contributed by atoms with van der Waals surface area (Å²) in [5.41, 5.74) is 3.18. The van der Waals surface area contributed by atoms with Crippen molar-refractivity contribution in [3.05, 3.63) is 27.5 Å². The SMILES string of the molecule is CC(C)(C)[Si](C)(C)O[C@H]1CC2(CCC2)Cc2nc(Cl)c3c(c21)C1(CCOCC1)OC3=O. The minimum Gasteiger partial charge on any atom is -0.450 e. The van der Waals surface area contributed by atoms with Gasteiger partial charge in [-0.1, -0.05) is 38.8 Å². The fourth-order valence-electron chi connectivity index (χ4n) is 5.70. The van der Waals surface area contributed by atoms with E-state index in [2.05, 4.69) is 33.9 Å². The van der Waals surface area contributed by atoms with Crippen LogP contribution in [0.1, 0.15) is 92.6 Å². The Hall–Kier alpha value is -0.953. The number of halogens is 1. The first-order chi connectivity index (χ1) is 14.5. The maximum atomic E-state index is 13.0. The van der Waals surface area contributed by atoms with Gasteiger partial charge >= 0.3 is 5.97 Å². The van der Waals surface area contributed by atoms with Gasteiger partial charge in [0.1, 0.15) is 16.3 Å². The second-order valence-electron chi connectivity index (χ2n) is 11.6. The Balaban J connectivity index is 1.69. The lowest BCUT2D eigenvalue weighted by Gasteiger charge is -2.51. The molecule has 1 atom stereocenters. The second-order valence-corrected chi connectivity index (χ2v) is 16.7. The number of nitrogens with zero attached hydrogens (tertiary/aromatic N) is 1. The van der Waals surface area contributed by atoms with Crippen LogP contribution in [0.3, 0.4) is 0 Å². The monoisotopic (exact) mass is 463 g/mol. The first-order valence-corrected chi connectivity index (χ1v) is 15.0. The van der Waals surface area contributed by atoms with E-state index < -0.39 is 13.9 Å². The predicted octanol–water partition coefficient (Wildman–Crippen LogP) is 6.09. The van der Waals surface area contributed by atoms with Crippen molar-refractivity contribution >= 4 is 25.9 Å². The molecule has 1 saturated heterocycles. The number of esters is 1. The molecule has 7 heteroatoms. The fraction of sp³-hybridized carbons (Fsp3) is 0.750. The summed E-state index contributed by atoms with van der Waals surface area (Å²) < 4.78 is 18.8. The average molecular weight is 464 g/mol. The summed E-state index contributed by atoms with van der Waals surface area (Å²) in [4.78, 5) is 17.8. The zero-order chi connectivity index (χ0) is 22.2. The fourth-order valence-corrected chi connectivity index (χ4v) is 7.24. The lowest BCUT2D eigenvalue weighted by molar-refractivity contribution is -0.0752. The van der Waals surface area contributed by atoms with Crippen molar-refractivity contribution in [2.24, 2.45) is 5.41 Å². The van der Waals surface area contributed by atoms with Crippen LogP contribution in [0, 0.1) is 5.41 Å². The zero-order valence-electron chi connectivity index (χ0n) is 19.4. The minimum absolute atomic E-state index is 0.0577. The Morgan fingerprint density at radius 2 is 1.84 bits per heavy atom. The van der Waals surface area contributed by atoms with Crippen molar-refractivity contribution in [2.75, 3.05) is 13.2 Å². The van der Waals surface area contributed by atoms with Crippen LogP contribution in [0.25, 0.3) is 0 Å². The highest BCUT2D eigenvalue weighted by Crippen LogP contribution is 2.59. The molecular weight excluding hydrogens is 430 g/mol. The van der Waals surface area contributed by atoms with E-state index in [0.717, 1.165) is 29.7 Å². The number of ether oxygens (including phenoxy) is 2. The van der Waals surface area contributed by atoms with E-state index in [0.29, 0.717) is 36.8 Å². The van der Waals surface area contributed by atoms with Gasteiger partial charge in [-0.3, -0.25) is 0 Å². The highest BCUT2D eigenvalue weighted by Gasteiger charge is 2.55. The molecule has 0 aromatic carbocycles. The van der Waals surface area contributed by atoms with Crippen molar-refractivity contribution in [2.45, 2.75) is 95.6 Å². The summed E-state index contributed by atoms with van der Waals surface area (Å²) >= 11 is 6.64. The highest BCUT2D eigenvalue weighted by atomic mass is 35.5. The van der Waals surface area contributed by atoms with Crippen LogP contribution in [-0.2, 0) is 25.9 Å². The number of aromatic nitrogens is 1. The molecule has 0 amide bonds. The number of hydrogen-bond donors (Lipinski definition) is 0. The number of pyridine rings is 1. The normalized spacial score (nSPS) is 26.4. The van der Waals surface area contributed by atoms with Gasteiger partial charge in [0.25, 0.3) is 0 Å². The molecule has 0 unspecified atom stereocenters. The standard InChI is InChI=1S/C24H34ClNO4Si/c1-22(2,3)31(4,5)30-16-14-23(7-6-8-23)13-15-17(16)19-18(20(25)26-15)21(27)29-24(19)9-11-28-12-10-24/h16H,6-14H2,1-5H3/t16-/m0/s1. The number of fused-ring (bicyclic) bond motifs is 4. The number of rotatable bonds is 2. The molecule has 0 bridgehead atoms. The molecule has 1 saturated carbocycles. The molecule has 2 aliphatic carbocycles. The third kappa shape index (κ3) is 3.32. The maximum absolute atomic E-state index is 13.0. The van der Waals surface area contributed by atoms with Crippen LogP contribution in [0.4, 0.5) is 0 Å². The predicted molar refractivity (Wildman–Crippen MR) is 122 cm³/mol. The van der Waals surface area contributed by atoms with E-state index in [4.69, 9.17) is 30.5 Å². The topological polar surface area (TPSA) is 57.6 Å². The number of hydrogen-bond acceptors (Lipinski definition) is 5. The molecule has 5 nitrogen and oxygen atoms in total. The van der Waals surface area contributed by atoms with Gasteiger partial charge in [-0.15, -0.1) is 0 Å². The average Bonchev–Trinajstić information content (AvgIpc) is 2.91. The van der Waals surface area contributed by atoms with Gasteiger partial charge < -0.3 is 13.9 Å². The van der Waals surface area contributed by atoms with Gasteiger partial charge in [-0.25, -0.2) is 9.78 Å². The third-order valence-corrected chi connectivity index (χ3v) is 13.4. The first kappa shape index (κ1) is 21.9. The Kier molecular flexibility index (Phi) is 4.95. The van der Waals surface area contributed by atoms with Crippen molar-refractivity contribution in [3.63, 3.8) is 0 Å². The molecule has 5 rings (SSSR count). The third-order valence-electron chi connectivity index (χ3n) is 8.66. The number of carbonyl (C=O) groups is 1. The van der Waals surface area contributed by atoms with Gasteiger partial charge in [0.15, 0.2) is 8.32 Å². The second kappa shape index (κ2) is 7.02. The quantitative estimate of drug-likeness (QED) is 0.301. The lowest BCUT2D eigenvalue weighted by atomic mass is 9.59. The van der Waals surface area contributed by atoms with Crippen molar-refractivity contribution in [3.8, 4) is 0 Å². The van der Waals surface area contributed by atoms with E-state index in [1.54, 1.807) is 0 Å². The summed E-state index contributed by atoms with van der Waals surface area (Å²) in [6.45, 7) is 12.6. The molecule has 2 fully saturated rings. The van der Waals surface area contributed by atoms with Crippen LogP contribution < -0.4 is 0 Å². The van der Waals surface area contributed by atoms with E-state index in [-0.39, 0.29) is 22.5 Å². The van der Waals surface area contributed by atoms with Crippen molar-refractivity contribution < 1.29 is 18.7 Å². The summed E-state index contributed by atoms with van der Waals surface area (Å²) in [5, 5.41) is 0.396. The van der Waals surface area contributed by atoms with Crippen molar-refractivity contribution in [1.82, 2.24) is 4.98 Å². The molecule has 1 aromatic heterocycles. The summed E-state index contributed by atoms with van der Waals surface area (Å²) in [7, 11) is -2.05. The van der Waals surface area contributed by atoms with Gasteiger partial charge in [-0.05, 0) is 49.2 Å². The summed E-state index contributed by atoms with van der Waals surface area (Å²) in [6, 6.07) is 0. The van der Waals surface area contributed by atoms with Crippen LogP contribution in [0.5, 0.6) is 0 Å². The molecule has 2 spiro atoms. The van der Waals surface area contributed by atoms with E-state index in [1.165, 1.54) is 19.3 Å². The molecule has 31 heavy (non-hydrogen) atoms. The van der Waals surface area contributed by atoms with E-state index in [9.17, 15) is 4.79 Å². The van der Waals surface area contributed by atoms with E-state index >= 15 is 0 Å². The Labute approximate surface area is 191 Å². The van der Waals surface area contributed by atoms with Gasteiger partial charge in [0.05, 0.1) is 19.3 Å². The van der Waals surface area contributed by atoms with Crippen LogP contribution in [-0.4, -0.2) is 32.5 Å². The smallest absolute Gasteiger partial charge is 0.342 e. The van der Waals surface area contributed by atoms with Crippen molar-refractivity contribution in [1.29, 1.82) is 0 Å². The summed E-state index contributed by atoms with van der Waals surface area (Å²) in [6.07, 6.45) is 6.90. The largest absolute Gasteiger partial charge is 0.450 e. The molecule has 3 heterocycles. The van der Waals surface area contributed by atoms with E-state index in [1.807, 2.05) is 0 Å². The Morgan fingerprint density at radius 3 is 2.42 bits per heavy atom. The zero-order valence-corrected chi connectivity index (χ0v) is 21.2. The van der Waals surface area contributed by atoms with Crippen LogP contribution in [0.15, 0.2) is 0 Å². The van der Waals surface area contributed by atoms with Crippen LogP contribution >= 0.6 is 11.6 Å². The lowest BCUT2D eigenvalue weighted by Crippen LogP contribution is -2.46. The maximum Gasteiger partial charge on any atom is 0.342 e. The molecule has 170 valence electrons. The van der Waals surface area contributed by atoms with Gasteiger partial charge in [-0.2, -0.15) is 0 Å². The molecule has 0 N–H and O–H groups in total. The van der Waals surface area contributed by atoms with Crippen LogP contribution in [0.2, 0.25) is 23.3 Å². The minimum atomic E-state index is -2.05. The Bertz CT molecular complexity index is 928. The number of carbonyl (C=O) groups excluding carboxylic acids is 1.